The molecule has 0 unspecified atom stereocenters. The zero-order valence-electron chi connectivity index (χ0n) is 15.3. The van der Waals surface area contributed by atoms with Crippen molar-refractivity contribution in [3.63, 3.8) is 0 Å². The van der Waals surface area contributed by atoms with Crippen molar-refractivity contribution in [1.82, 2.24) is 15.6 Å². The average molecular weight is 562 g/mol. The van der Waals surface area contributed by atoms with E-state index in [-0.39, 0.29) is 36.4 Å². The highest BCUT2D eigenvalue weighted by Crippen LogP contribution is 2.29. The van der Waals surface area contributed by atoms with E-state index in [0.29, 0.717) is 41.1 Å². The molecule has 0 radical (unpaired) electrons. The normalized spacial score (nSPS) is 11.6. The zero-order valence-corrected chi connectivity index (χ0v) is 19.2. The Kier molecular flexibility index (Phi) is 10.7. The number of halogens is 5. The van der Waals surface area contributed by atoms with Crippen LogP contribution in [0, 0.1) is 0 Å². The molecule has 0 bridgehead atoms. The van der Waals surface area contributed by atoms with Gasteiger partial charge in [-0.3, -0.25) is 9.79 Å². The Morgan fingerprint density at radius 1 is 1.24 bits per heavy atom. The highest BCUT2D eigenvalue weighted by molar-refractivity contribution is 14.0. The van der Waals surface area contributed by atoms with Crippen molar-refractivity contribution in [2.45, 2.75) is 25.6 Å². The third-order valence-corrected chi connectivity index (χ3v) is 4.57. The lowest BCUT2D eigenvalue weighted by atomic mass is 10.2. The van der Waals surface area contributed by atoms with Crippen LogP contribution in [-0.2, 0) is 17.5 Å². The van der Waals surface area contributed by atoms with Gasteiger partial charge in [0.25, 0.3) is 0 Å². The van der Waals surface area contributed by atoms with Crippen LogP contribution in [0.15, 0.2) is 34.6 Å². The summed E-state index contributed by atoms with van der Waals surface area (Å²) in [4.78, 5) is 19.4. The summed E-state index contributed by atoms with van der Waals surface area (Å²) in [6.45, 7) is 0.594. The Balaban J connectivity index is 0.00000420. The second-order valence-corrected chi connectivity index (χ2v) is 7.01. The highest BCUT2D eigenvalue weighted by atomic mass is 127. The molecule has 1 heterocycles. The van der Waals surface area contributed by atoms with Gasteiger partial charge >= 0.3 is 6.18 Å². The minimum Gasteiger partial charge on any atom is -0.356 e. The summed E-state index contributed by atoms with van der Waals surface area (Å²) in [5, 5.41) is 10.5. The second kappa shape index (κ2) is 12.2. The van der Waals surface area contributed by atoms with E-state index in [4.69, 9.17) is 11.6 Å². The SMILES string of the molecule is CN=C(NCCCC(=O)Nc1ccc(Cl)cc1)NCc1nc(C(F)(F)F)cs1.I. The Hall–Kier alpha value is -1.60. The molecule has 0 atom stereocenters. The standard InChI is InChI=1S/C17H19ClF3N5OS.HI/c1-22-16(24-9-15-26-13(10-28-15)17(19,20)21)23-8-2-3-14(27)25-12-6-4-11(18)5-7-12;/h4-7,10H,2-3,8-9H2,1H3,(H,25,27)(H2,22,23,24);1H. The molecule has 3 N–H and O–H groups in total. The molecule has 6 nitrogen and oxygen atoms in total. The van der Waals surface area contributed by atoms with E-state index >= 15 is 0 Å². The van der Waals surface area contributed by atoms with Crippen LogP contribution in [0.4, 0.5) is 18.9 Å². The van der Waals surface area contributed by atoms with E-state index in [0.717, 1.165) is 16.7 Å². The van der Waals surface area contributed by atoms with Crippen LogP contribution < -0.4 is 16.0 Å². The maximum absolute atomic E-state index is 12.5. The first-order chi connectivity index (χ1) is 13.3. The molecule has 0 aliphatic carbocycles. The predicted octanol–water partition coefficient (Wildman–Crippen LogP) is 4.52. The van der Waals surface area contributed by atoms with Crippen LogP contribution in [0.2, 0.25) is 5.02 Å². The number of hydrogen-bond donors (Lipinski definition) is 3. The number of carbonyl (C=O) groups is 1. The maximum Gasteiger partial charge on any atom is 0.434 e. The van der Waals surface area contributed by atoms with Crippen LogP contribution in [0.25, 0.3) is 0 Å². The number of amides is 1. The van der Waals surface area contributed by atoms with Gasteiger partial charge in [-0.25, -0.2) is 4.98 Å². The van der Waals surface area contributed by atoms with E-state index in [1.54, 1.807) is 31.3 Å². The Bertz CT molecular complexity index is 814. The first-order valence-corrected chi connectivity index (χ1v) is 9.55. The fraction of sp³-hybridized carbons (Fsp3) is 0.353. The van der Waals surface area contributed by atoms with Gasteiger partial charge in [0, 0.05) is 36.1 Å². The lowest BCUT2D eigenvalue weighted by Gasteiger charge is -2.11. The predicted molar refractivity (Wildman–Crippen MR) is 120 cm³/mol. The third kappa shape index (κ3) is 9.17. The Labute approximate surface area is 192 Å². The van der Waals surface area contributed by atoms with Gasteiger partial charge in [-0.15, -0.1) is 35.3 Å². The summed E-state index contributed by atoms with van der Waals surface area (Å²) in [5.74, 6) is 0.288. The quantitative estimate of drug-likeness (QED) is 0.201. The number of carbonyl (C=O) groups excluding carboxylic acids is 1. The van der Waals surface area contributed by atoms with Gasteiger partial charge in [0.1, 0.15) is 5.01 Å². The number of rotatable bonds is 7. The monoisotopic (exact) mass is 561 g/mol. The maximum atomic E-state index is 12.5. The topological polar surface area (TPSA) is 78.4 Å². The number of thiazole rings is 1. The number of benzene rings is 1. The van der Waals surface area contributed by atoms with Gasteiger partial charge in [-0.2, -0.15) is 13.2 Å². The van der Waals surface area contributed by atoms with Gasteiger partial charge in [-0.1, -0.05) is 11.6 Å². The van der Waals surface area contributed by atoms with Crippen LogP contribution in [0.3, 0.4) is 0 Å². The first-order valence-electron chi connectivity index (χ1n) is 8.29. The minimum atomic E-state index is -4.44. The summed E-state index contributed by atoms with van der Waals surface area (Å²) >= 11 is 6.71. The molecular formula is C17H20ClF3IN5OS. The molecule has 29 heavy (non-hydrogen) atoms. The van der Waals surface area contributed by atoms with Gasteiger partial charge < -0.3 is 16.0 Å². The fourth-order valence-corrected chi connectivity index (χ4v) is 2.98. The van der Waals surface area contributed by atoms with E-state index in [9.17, 15) is 18.0 Å². The molecule has 1 aromatic carbocycles. The summed E-state index contributed by atoms with van der Waals surface area (Å²) in [5.41, 5.74) is -0.231. The Morgan fingerprint density at radius 3 is 2.52 bits per heavy atom. The third-order valence-electron chi connectivity index (χ3n) is 3.47. The van der Waals surface area contributed by atoms with Gasteiger partial charge in [-0.05, 0) is 30.7 Å². The summed E-state index contributed by atoms with van der Waals surface area (Å²) < 4.78 is 37.6. The number of aromatic nitrogens is 1. The molecule has 0 saturated carbocycles. The fourth-order valence-electron chi connectivity index (χ4n) is 2.11. The lowest BCUT2D eigenvalue weighted by Crippen LogP contribution is -2.37. The van der Waals surface area contributed by atoms with Crippen LogP contribution in [-0.4, -0.2) is 30.4 Å². The van der Waals surface area contributed by atoms with E-state index in [1.807, 2.05) is 0 Å². The van der Waals surface area contributed by atoms with E-state index < -0.39 is 11.9 Å². The zero-order chi connectivity index (χ0) is 20.6. The largest absolute Gasteiger partial charge is 0.434 e. The van der Waals surface area contributed by atoms with E-state index in [1.165, 1.54) is 0 Å². The van der Waals surface area contributed by atoms with Crippen molar-refractivity contribution in [2.75, 3.05) is 18.9 Å². The molecule has 0 spiro atoms. The minimum absolute atomic E-state index is 0. The van der Waals surface area contributed by atoms with E-state index in [2.05, 4.69) is 25.9 Å². The number of nitrogens with one attached hydrogen (secondary N) is 3. The summed E-state index contributed by atoms with van der Waals surface area (Å²) in [6, 6.07) is 6.81. The van der Waals surface area contributed by atoms with Crippen LogP contribution >= 0.6 is 46.9 Å². The molecule has 1 amide bonds. The highest BCUT2D eigenvalue weighted by Gasteiger charge is 2.33. The molecule has 160 valence electrons. The van der Waals surface area contributed by atoms with Gasteiger partial charge in [0.2, 0.25) is 5.91 Å². The number of guanidine groups is 1. The van der Waals surface area contributed by atoms with Crippen LogP contribution in [0.1, 0.15) is 23.5 Å². The van der Waals surface area contributed by atoms with Crippen LogP contribution in [0.5, 0.6) is 0 Å². The Morgan fingerprint density at radius 2 is 1.93 bits per heavy atom. The molecule has 1 aromatic heterocycles. The average Bonchev–Trinajstić information content (AvgIpc) is 3.12. The molecule has 0 fully saturated rings. The number of nitrogens with zero attached hydrogens (tertiary/aromatic N) is 2. The molecule has 0 saturated heterocycles. The lowest BCUT2D eigenvalue weighted by molar-refractivity contribution is -0.140. The first kappa shape index (κ1) is 25.4. The summed E-state index contributed by atoms with van der Waals surface area (Å²) in [6.07, 6.45) is -3.59. The van der Waals surface area contributed by atoms with Crippen molar-refractivity contribution in [2.24, 2.45) is 4.99 Å². The second-order valence-electron chi connectivity index (χ2n) is 5.64. The number of anilines is 1. The number of alkyl halides is 3. The van der Waals surface area contributed by atoms with Crippen molar-refractivity contribution in [1.29, 1.82) is 0 Å². The van der Waals surface area contributed by atoms with Crippen molar-refractivity contribution in [3.05, 3.63) is 45.4 Å². The number of hydrogen-bond acceptors (Lipinski definition) is 4. The van der Waals surface area contributed by atoms with Crippen molar-refractivity contribution >= 4 is 64.5 Å². The smallest absolute Gasteiger partial charge is 0.356 e. The summed E-state index contributed by atoms with van der Waals surface area (Å²) in [7, 11) is 1.55. The molecule has 0 aliphatic heterocycles. The molecule has 12 heteroatoms. The van der Waals surface area contributed by atoms with Crippen molar-refractivity contribution < 1.29 is 18.0 Å². The molecular weight excluding hydrogens is 542 g/mol. The van der Waals surface area contributed by atoms with Crippen molar-refractivity contribution in [3.8, 4) is 0 Å². The van der Waals surface area contributed by atoms with Gasteiger partial charge in [0.15, 0.2) is 11.7 Å². The molecule has 2 aromatic rings. The molecule has 0 aliphatic rings. The number of aliphatic imine (C=N–C) groups is 1. The van der Waals surface area contributed by atoms with Gasteiger partial charge in [0.05, 0.1) is 6.54 Å². The molecule has 2 rings (SSSR count).